The third-order valence-corrected chi connectivity index (χ3v) is 3.42. The molecule has 0 radical (unpaired) electrons. The van der Waals surface area contributed by atoms with E-state index >= 15 is 0 Å². The van der Waals surface area contributed by atoms with Crippen molar-refractivity contribution in [3.63, 3.8) is 0 Å². The van der Waals surface area contributed by atoms with Crippen LogP contribution < -0.4 is 5.32 Å². The zero-order chi connectivity index (χ0) is 15.6. The Morgan fingerprint density at radius 2 is 1.86 bits per heavy atom. The summed E-state index contributed by atoms with van der Waals surface area (Å²) in [6.45, 7) is 3.10. The Kier molecular flexibility index (Phi) is 4.37. The number of carbonyl (C=O) groups excluding carboxylic acids is 1. The zero-order valence-corrected chi connectivity index (χ0v) is 11.6. The molecule has 0 aromatic heterocycles. The number of rotatable bonds is 4. The number of hydrogen-bond acceptors (Lipinski definition) is 3. The van der Waals surface area contributed by atoms with Gasteiger partial charge >= 0.3 is 12.1 Å². The number of cyclic esters (lactones) is 1. The molecule has 6 heteroatoms. The molecule has 0 saturated carbocycles. The summed E-state index contributed by atoms with van der Waals surface area (Å²) in [5, 5.41) is 2.52. The standard InChI is InChI=1S/C15H16F3NO2/c1-9-8-12(20)21-13(9)14(15(16,17)18)19-10(2)11-6-4-3-5-7-11/h3-8,10,13-14,19H,1-2H3/t10-,13+,14+/m0/s1. The van der Waals surface area contributed by atoms with E-state index in [1.807, 2.05) is 0 Å². The van der Waals surface area contributed by atoms with Gasteiger partial charge in [0.25, 0.3) is 0 Å². The summed E-state index contributed by atoms with van der Waals surface area (Å²) in [5.74, 6) is -0.735. The zero-order valence-electron chi connectivity index (χ0n) is 11.6. The fourth-order valence-electron chi connectivity index (χ4n) is 2.31. The fourth-order valence-corrected chi connectivity index (χ4v) is 2.31. The Morgan fingerprint density at radius 3 is 2.33 bits per heavy atom. The van der Waals surface area contributed by atoms with Crippen molar-refractivity contribution in [2.24, 2.45) is 0 Å². The van der Waals surface area contributed by atoms with Crippen LogP contribution in [0.25, 0.3) is 0 Å². The summed E-state index contributed by atoms with van der Waals surface area (Å²) in [7, 11) is 0. The summed E-state index contributed by atoms with van der Waals surface area (Å²) < 4.78 is 44.6. The quantitative estimate of drug-likeness (QED) is 0.868. The van der Waals surface area contributed by atoms with E-state index in [2.05, 4.69) is 5.32 Å². The fraction of sp³-hybridized carbons (Fsp3) is 0.400. The van der Waals surface area contributed by atoms with Crippen LogP contribution in [0.1, 0.15) is 25.5 Å². The molecular formula is C15H16F3NO2. The van der Waals surface area contributed by atoms with Gasteiger partial charge in [0.15, 0.2) is 0 Å². The molecule has 21 heavy (non-hydrogen) atoms. The number of halogens is 3. The van der Waals surface area contributed by atoms with Crippen LogP contribution in [-0.4, -0.2) is 24.3 Å². The number of esters is 1. The predicted molar refractivity (Wildman–Crippen MR) is 71.5 cm³/mol. The Bertz CT molecular complexity index is 540. The molecule has 2 rings (SSSR count). The van der Waals surface area contributed by atoms with E-state index in [0.717, 1.165) is 11.6 Å². The highest BCUT2D eigenvalue weighted by Gasteiger charge is 2.49. The lowest BCUT2D eigenvalue weighted by Gasteiger charge is -2.30. The van der Waals surface area contributed by atoms with Crippen LogP contribution in [0, 0.1) is 0 Å². The molecule has 1 N–H and O–H groups in total. The first-order chi connectivity index (χ1) is 9.79. The minimum absolute atomic E-state index is 0.273. The molecule has 1 aliphatic rings. The second kappa shape index (κ2) is 5.89. The van der Waals surface area contributed by atoms with Crippen LogP contribution in [-0.2, 0) is 9.53 Å². The largest absolute Gasteiger partial charge is 0.453 e. The molecule has 0 saturated heterocycles. The molecule has 1 aliphatic heterocycles. The SMILES string of the molecule is CC1=CC(=O)O[C@H]1[C@@H](N[C@@H](C)c1ccccc1)C(F)(F)F. The highest BCUT2D eigenvalue weighted by molar-refractivity contribution is 5.85. The number of hydrogen-bond donors (Lipinski definition) is 1. The first-order valence-corrected chi connectivity index (χ1v) is 6.55. The molecule has 1 heterocycles. The van der Waals surface area contributed by atoms with Crippen LogP contribution in [0.5, 0.6) is 0 Å². The van der Waals surface area contributed by atoms with Gasteiger partial charge in [0.05, 0.1) is 0 Å². The monoisotopic (exact) mass is 299 g/mol. The van der Waals surface area contributed by atoms with Gasteiger partial charge in [0.1, 0.15) is 12.1 Å². The lowest BCUT2D eigenvalue weighted by atomic mass is 10.0. The van der Waals surface area contributed by atoms with Gasteiger partial charge < -0.3 is 4.74 Å². The van der Waals surface area contributed by atoms with Crippen molar-refractivity contribution in [2.45, 2.75) is 38.2 Å². The number of nitrogens with one attached hydrogen (secondary N) is 1. The van der Waals surface area contributed by atoms with E-state index in [1.165, 1.54) is 6.92 Å². The average molecular weight is 299 g/mol. The minimum Gasteiger partial charge on any atom is -0.453 e. The second-order valence-corrected chi connectivity index (χ2v) is 5.06. The van der Waals surface area contributed by atoms with Crippen LogP contribution >= 0.6 is 0 Å². The molecule has 0 fully saturated rings. The minimum atomic E-state index is -4.52. The van der Waals surface area contributed by atoms with E-state index < -0.39 is 30.3 Å². The molecule has 3 nitrogen and oxygen atoms in total. The average Bonchev–Trinajstić information content (AvgIpc) is 2.74. The molecule has 1 aromatic carbocycles. The van der Waals surface area contributed by atoms with Gasteiger partial charge in [-0.3, -0.25) is 5.32 Å². The van der Waals surface area contributed by atoms with Crippen molar-refractivity contribution in [1.82, 2.24) is 5.32 Å². The van der Waals surface area contributed by atoms with Crippen molar-refractivity contribution in [2.75, 3.05) is 0 Å². The van der Waals surface area contributed by atoms with Gasteiger partial charge in [-0.1, -0.05) is 30.3 Å². The Balaban J connectivity index is 2.19. The lowest BCUT2D eigenvalue weighted by Crippen LogP contribution is -2.52. The summed E-state index contributed by atoms with van der Waals surface area (Å²) in [6.07, 6.45) is -4.74. The summed E-state index contributed by atoms with van der Waals surface area (Å²) in [5.41, 5.74) is 1.01. The smallest absolute Gasteiger partial charge is 0.407 e. The van der Waals surface area contributed by atoms with Gasteiger partial charge in [0, 0.05) is 12.1 Å². The molecule has 0 bridgehead atoms. The van der Waals surface area contributed by atoms with Crippen molar-refractivity contribution in [1.29, 1.82) is 0 Å². The van der Waals surface area contributed by atoms with Crippen molar-refractivity contribution in [3.05, 3.63) is 47.5 Å². The van der Waals surface area contributed by atoms with E-state index in [-0.39, 0.29) is 5.57 Å². The third kappa shape index (κ3) is 3.64. The molecule has 114 valence electrons. The van der Waals surface area contributed by atoms with E-state index in [4.69, 9.17) is 4.74 Å². The maximum absolute atomic E-state index is 13.3. The number of alkyl halides is 3. The highest BCUT2D eigenvalue weighted by atomic mass is 19.4. The Labute approximate surface area is 120 Å². The van der Waals surface area contributed by atoms with E-state index in [0.29, 0.717) is 0 Å². The van der Waals surface area contributed by atoms with Crippen LogP contribution in [0.3, 0.4) is 0 Å². The third-order valence-electron chi connectivity index (χ3n) is 3.42. The van der Waals surface area contributed by atoms with E-state index in [1.54, 1.807) is 37.3 Å². The number of benzene rings is 1. The van der Waals surface area contributed by atoms with Gasteiger partial charge in [-0.2, -0.15) is 13.2 Å². The van der Waals surface area contributed by atoms with Crippen LogP contribution in [0.2, 0.25) is 0 Å². The van der Waals surface area contributed by atoms with Gasteiger partial charge in [-0.05, 0) is 25.0 Å². The second-order valence-electron chi connectivity index (χ2n) is 5.06. The van der Waals surface area contributed by atoms with Crippen LogP contribution in [0.15, 0.2) is 42.0 Å². The molecule has 1 aromatic rings. The van der Waals surface area contributed by atoms with Crippen LogP contribution in [0.4, 0.5) is 13.2 Å². The molecule has 0 unspecified atom stereocenters. The van der Waals surface area contributed by atoms with Gasteiger partial charge in [0.2, 0.25) is 0 Å². The first-order valence-electron chi connectivity index (χ1n) is 6.55. The normalized spacial score (nSPS) is 21.7. The Morgan fingerprint density at radius 1 is 1.24 bits per heavy atom. The van der Waals surface area contributed by atoms with Crippen molar-refractivity contribution in [3.8, 4) is 0 Å². The van der Waals surface area contributed by atoms with Gasteiger partial charge in [-0.15, -0.1) is 0 Å². The van der Waals surface area contributed by atoms with Crippen molar-refractivity contribution < 1.29 is 22.7 Å². The number of carbonyl (C=O) groups is 1. The van der Waals surface area contributed by atoms with Gasteiger partial charge in [-0.25, -0.2) is 4.79 Å². The highest BCUT2D eigenvalue weighted by Crippen LogP contribution is 2.31. The summed E-state index contributed by atoms with van der Waals surface area (Å²) >= 11 is 0. The first kappa shape index (κ1) is 15.6. The topological polar surface area (TPSA) is 38.3 Å². The summed E-state index contributed by atoms with van der Waals surface area (Å²) in [4.78, 5) is 11.2. The lowest BCUT2D eigenvalue weighted by molar-refractivity contribution is -0.182. The molecular weight excluding hydrogens is 283 g/mol. The molecule has 3 atom stereocenters. The number of ether oxygens (including phenoxy) is 1. The molecule has 0 amide bonds. The molecule has 0 aliphatic carbocycles. The summed E-state index contributed by atoms with van der Waals surface area (Å²) in [6, 6.07) is 6.35. The predicted octanol–water partition coefficient (Wildman–Crippen LogP) is 3.14. The maximum Gasteiger partial charge on any atom is 0.407 e. The van der Waals surface area contributed by atoms with Crippen molar-refractivity contribution >= 4 is 5.97 Å². The molecule has 0 spiro atoms. The Hall–Kier alpha value is -1.82. The van der Waals surface area contributed by atoms with E-state index in [9.17, 15) is 18.0 Å². The maximum atomic E-state index is 13.3.